The van der Waals surface area contributed by atoms with E-state index in [1.54, 1.807) is 37.3 Å². The van der Waals surface area contributed by atoms with Gasteiger partial charge in [0, 0.05) is 30.2 Å². The number of amides is 3. The molecular formula is C26H24Cl2N6O5S. The first kappa shape index (κ1) is 27.8. The SMILES string of the molecule is Cc1cc(Cl)ccc1N(C(=O)NCC1CC1)C(=O)C1CC(OS(=O)(=O)c2cccnc2)=NN1c1ncccc1Cl. The van der Waals surface area contributed by atoms with Crippen LogP contribution >= 0.6 is 23.2 Å². The van der Waals surface area contributed by atoms with Crippen molar-refractivity contribution >= 4 is 62.7 Å². The molecule has 1 saturated carbocycles. The maximum absolute atomic E-state index is 14.2. The first-order valence-corrected chi connectivity index (χ1v) is 14.5. The number of anilines is 2. The van der Waals surface area contributed by atoms with Gasteiger partial charge in [-0.3, -0.25) is 9.78 Å². The average molecular weight is 603 g/mol. The molecule has 40 heavy (non-hydrogen) atoms. The summed E-state index contributed by atoms with van der Waals surface area (Å²) in [4.78, 5) is 36.5. The number of halogens is 2. The van der Waals surface area contributed by atoms with Crippen LogP contribution in [0.15, 0.2) is 71.1 Å². The summed E-state index contributed by atoms with van der Waals surface area (Å²) >= 11 is 12.5. The van der Waals surface area contributed by atoms with Crippen molar-refractivity contribution in [3.05, 3.63) is 76.7 Å². The Labute approximate surface area is 240 Å². The van der Waals surface area contributed by atoms with Gasteiger partial charge in [-0.2, -0.15) is 8.42 Å². The van der Waals surface area contributed by atoms with Crippen molar-refractivity contribution in [2.75, 3.05) is 16.5 Å². The summed E-state index contributed by atoms with van der Waals surface area (Å²) in [5.74, 6) is -0.522. The monoisotopic (exact) mass is 602 g/mol. The Kier molecular flexibility index (Phi) is 7.92. The maximum Gasteiger partial charge on any atom is 0.341 e. The number of nitrogens with zero attached hydrogens (tertiary/aromatic N) is 5. The van der Waals surface area contributed by atoms with Crippen LogP contribution in [0.1, 0.15) is 24.8 Å². The number of urea groups is 1. The van der Waals surface area contributed by atoms with Gasteiger partial charge in [0.1, 0.15) is 10.9 Å². The number of imide groups is 1. The third-order valence-electron chi connectivity index (χ3n) is 6.31. The Balaban J connectivity index is 1.51. The predicted octanol–water partition coefficient (Wildman–Crippen LogP) is 4.54. The second-order valence-corrected chi connectivity index (χ2v) is 11.7. The molecule has 1 aromatic carbocycles. The summed E-state index contributed by atoms with van der Waals surface area (Å²) < 4.78 is 31.1. The molecule has 1 aliphatic carbocycles. The number of hydrazone groups is 1. The number of benzene rings is 1. The van der Waals surface area contributed by atoms with Crippen molar-refractivity contribution in [2.24, 2.45) is 11.0 Å². The normalized spacial score (nSPS) is 16.8. The fraction of sp³-hybridized carbons (Fsp3) is 0.269. The fourth-order valence-electron chi connectivity index (χ4n) is 4.12. The standard InChI is InChI=1S/C26H24Cl2N6O5S/c1-16-12-18(27)8-9-21(16)33(26(36)31-14-17-6-7-17)25(35)22-13-23(32-34(22)24-20(28)5-3-11-30-24)39-40(37,38)19-4-2-10-29-15-19/h2-5,8-12,15,17,22H,6-7,13-14H2,1H3,(H,31,36). The summed E-state index contributed by atoms with van der Waals surface area (Å²) in [6, 6.07) is 8.86. The van der Waals surface area contributed by atoms with Crippen molar-refractivity contribution in [1.82, 2.24) is 15.3 Å². The van der Waals surface area contributed by atoms with Crippen LogP contribution in [-0.4, -0.2) is 48.8 Å². The minimum absolute atomic E-state index is 0.0889. The van der Waals surface area contributed by atoms with Gasteiger partial charge in [0.15, 0.2) is 5.82 Å². The van der Waals surface area contributed by atoms with Crippen LogP contribution < -0.4 is 15.2 Å². The molecule has 11 nitrogen and oxygen atoms in total. The number of hydrogen-bond acceptors (Lipinski definition) is 9. The largest absolute Gasteiger partial charge is 0.361 e. The molecule has 3 aromatic rings. The highest BCUT2D eigenvalue weighted by molar-refractivity contribution is 7.87. The van der Waals surface area contributed by atoms with Crippen LogP contribution in [0.3, 0.4) is 0 Å². The molecule has 14 heteroatoms. The third-order valence-corrected chi connectivity index (χ3v) is 8.08. The van der Waals surface area contributed by atoms with E-state index < -0.39 is 28.1 Å². The van der Waals surface area contributed by atoms with E-state index in [2.05, 4.69) is 20.4 Å². The van der Waals surface area contributed by atoms with E-state index in [0.29, 0.717) is 28.7 Å². The average Bonchev–Trinajstić information content (AvgIpc) is 3.67. The minimum atomic E-state index is -4.31. The Hall–Kier alpha value is -3.74. The van der Waals surface area contributed by atoms with Gasteiger partial charge >= 0.3 is 16.1 Å². The molecule has 2 aliphatic rings. The summed E-state index contributed by atoms with van der Waals surface area (Å²) in [6.45, 7) is 2.15. The van der Waals surface area contributed by atoms with E-state index in [0.717, 1.165) is 23.9 Å². The molecule has 1 atom stereocenters. The zero-order valence-electron chi connectivity index (χ0n) is 21.2. The molecule has 1 unspecified atom stereocenters. The second kappa shape index (κ2) is 11.4. The molecule has 5 rings (SSSR count). The van der Waals surface area contributed by atoms with Gasteiger partial charge in [-0.15, -0.1) is 5.10 Å². The van der Waals surface area contributed by atoms with Gasteiger partial charge in [0.25, 0.3) is 5.91 Å². The Morgan fingerprint density at radius 1 is 1.15 bits per heavy atom. The minimum Gasteiger partial charge on any atom is -0.361 e. The van der Waals surface area contributed by atoms with Crippen LogP contribution in [-0.2, 0) is 19.1 Å². The van der Waals surface area contributed by atoms with Gasteiger partial charge in [-0.05, 0) is 73.7 Å². The van der Waals surface area contributed by atoms with Crippen molar-refractivity contribution in [3.63, 3.8) is 0 Å². The van der Waals surface area contributed by atoms with E-state index in [4.69, 9.17) is 27.4 Å². The Morgan fingerprint density at radius 2 is 1.93 bits per heavy atom. The molecule has 3 amide bonds. The highest BCUT2D eigenvalue weighted by Crippen LogP contribution is 2.33. The van der Waals surface area contributed by atoms with Gasteiger partial charge < -0.3 is 9.50 Å². The van der Waals surface area contributed by atoms with E-state index in [-0.39, 0.29) is 28.1 Å². The van der Waals surface area contributed by atoms with E-state index in [1.807, 2.05) is 0 Å². The lowest BCUT2D eigenvalue weighted by Gasteiger charge is -2.29. The lowest BCUT2D eigenvalue weighted by Crippen LogP contribution is -2.52. The molecule has 1 aliphatic heterocycles. The number of carbonyl (C=O) groups is 2. The summed E-state index contributed by atoms with van der Waals surface area (Å²) in [6.07, 6.45) is 5.73. The van der Waals surface area contributed by atoms with Crippen LogP contribution in [0.5, 0.6) is 0 Å². The van der Waals surface area contributed by atoms with Gasteiger partial charge in [-0.1, -0.05) is 23.2 Å². The summed E-state index contributed by atoms with van der Waals surface area (Å²) in [5.41, 5.74) is 0.895. The van der Waals surface area contributed by atoms with E-state index in [9.17, 15) is 18.0 Å². The molecule has 0 saturated heterocycles. The molecule has 2 aromatic heterocycles. The maximum atomic E-state index is 14.2. The Bertz CT molecular complexity index is 1580. The van der Waals surface area contributed by atoms with Crippen molar-refractivity contribution in [3.8, 4) is 0 Å². The zero-order chi connectivity index (χ0) is 28.4. The van der Waals surface area contributed by atoms with Crippen molar-refractivity contribution in [1.29, 1.82) is 0 Å². The highest BCUT2D eigenvalue weighted by atomic mass is 35.5. The molecule has 0 bridgehead atoms. The molecule has 1 fully saturated rings. The third kappa shape index (κ3) is 6.03. The van der Waals surface area contributed by atoms with Crippen LogP contribution in [0.25, 0.3) is 0 Å². The molecular weight excluding hydrogens is 579 g/mol. The summed E-state index contributed by atoms with van der Waals surface area (Å²) in [5, 5.41) is 8.87. The quantitative estimate of drug-likeness (QED) is 0.389. The number of carbonyl (C=O) groups excluding carboxylic acids is 2. The van der Waals surface area contributed by atoms with Crippen LogP contribution in [0.2, 0.25) is 10.0 Å². The highest BCUT2D eigenvalue weighted by Gasteiger charge is 2.43. The lowest BCUT2D eigenvalue weighted by molar-refractivity contribution is -0.119. The topological polar surface area (TPSA) is 134 Å². The smallest absolute Gasteiger partial charge is 0.341 e. The second-order valence-electron chi connectivity index (χ2n) is 9.33. The van der Waals surface area contributed by atoms with Gasteiger partial charge in [-0.25, -0.2) is 19.7 Å². The lowest BCUT2D eigenvalue weighted by atomic mass is 10.1. The first-order valence-electron chi connectivity index (χ1n) is 12.3. The van der Waals surface area contributed by atoms with E-state index in [1.165, 1.54) is 29.5 Å². The number of pyridine rings is 2. The number of rotatable bonds is 7. The first-order chi connectivity index (χ1) is 19.1. The number of aromatic nitrogens is 2. The number of aryl methyl sites for hydroxylation is 1. The zero-order valence-corrected chi connectivity index (χ0v) is 23.5. The molecule has 0 radical (unpaired) electrons. The molecule has 208 valence electrons. The Morgan fingerprint density at radius 3 is 2.60 bits per heavy atom. The van der Waals surface area contributed by atoms with Gasteiger partial charge in [0.05, 0.1) is 17.1 Å². The van der Waals surface area contributed by atoms with Crippen molar-refractivity contribution in [2.45, 2.75) is 37.1 Å². The number of hydrogen-bond donors (Lipinski definition) is 1. The van der Waals surface area contributed by atoms with Crippen molar-refractivity contribution < 1.29 is 22.2 Å². The molecule has 3 heterocycles. The predicted molar refractivity (Wildman–Crippen MR) is 150 cm³/mol. The van der Waals surface area contributed by atoms with E-state index >= 15 is 0 Å². The van der Waals surface area contributed by atoms with Gasteiger partial charge in [0.2, 0.25) is 5.90 Å². The summed E-state index contributed by atoms with van der Waals surface area (Å²) in [7, 11) is -4.31. The fourth-order valence-corrected chi connectivity index (χ4v) is 5.44. The molecule has 0 spiro atoms. The van der Waals surface area contributed by atoms with Crippen LogP contribution in [0.4, 0.5) is 16.3 Å². The molecule has 1 N–H and O–H groups in total. The number of nitrogens with one attached hydrogen (secondary N) is 1. The van der Waals surface area contributed by atoms with Crippen LogP contribution in [0, 0.1) is 12.8 Å².